The molecule has 10 heteroatoms. The van der Waals surface area contributed by atoms with Crippen LogP contribution in [-0.4, -0.2) is 48.6 Å². The molecule has 0 saturated heterocycles. The van der Waals surface area contributed by atoms with Gasteiger partial charge in [0.2, 0.25) is 0 Å². The van der Waals surface area contributed by atoms with E-state index in [-0.39, 0.29) is 0 Å². The van der Waals surface area contributed by atoms with Gasteiger partial charge in [0.1, 0.15) is 15.4 Å². The number of methoxy groups -OCH3 is 1. The molecule has 0 amide bonds. The van der Waals surface area contributed by atoms with E-state index in [1.807, 2.05) is 6.07 Å². The fourth-order valence-electron chi connectivity index (χ4n) is 2.89. The second-order valence-corrected chi connectivity index (χ2v) is 8.90. The second kappa shape index (κ2) is 8.68. The molecule has 0 aromatic carbocycles. The summed E-state index contributed by atoms with van der Waals surface area (Å²) in [5, 5.41) is 0.719. The number of anilines is 1. The maximum absolute atomic E-state index is 12.8. The monoisotopic (exact) mass is 426 g/mol. The van der Waals surface area contributed by atoms with Gasteiger partial charge >= 0.3 is 0 Å². The summed E-state index contributed by atoms with van der Waals surface area (Å²) in [6, 6.07) is 3.62. The normalized spacial score (nSPS) is 12.3. The predicted molar refractivity (Wildman–Crippen MR) is 114 cm³/mol. The lowest BCUT2D eigenvalue weighted by atomic mass is 10.1. The van der Waals surface area contributed by atoms with Crippen molar-refractivity contribution in [3.05, 3.63) is 43.2 Å². The van der Waals surface area contributed by atoms with Crippen molar-refractivity contribution >= 4 is 38.0 Å². The van der Waals surface area contributed by atoms with Crippen molar-refractivity contribution in [1.82, 2.24) is 24.9 Å². The number of nitrogens with zero attached hydrogens (tertiary/aromatic N) is 5. The van der Waals surface area contributed by atoms with E-state index < -0.39 is 10.8 Å². The highest BCUT2D eigenvalue weighted by atomic mass is 32.2. The van der Waals surface area contributed by atoms with Gasteiger partial charge in [0, 0.05) is 60.8 Å². The van der Waals surface area contributed by atoms with E-state index in [9.17, 15) is 4.21 Å². The number of fused-ring (bicyclic) bond motifs is 1. The fraction of sp³-hybridized carbons (Fsp3) is 0.211. The van der Waals surface area contributed by atoms with Gasteiger partial charge in [-0.05, 0) is 18.6 Å². The van der Waals surface area contributed by atoms with Crippen LogP contribution in [-0.2, 0) is 15.5 Å². The molecule has 0 spiro atoms. The third-order valence-corrected chi connectivity index (χ3v) is 7.21. The number of pyridine rings is 1. The summed E-state index contributed by atoms with van der Waals surface area (Å²) in [4.78, 5) is 22.3. The Morgan fingerprint density at radius 1 is 1.21 bits per heavy atom. The van der Waals surface area contributed by atoms with Gasteiger partial charge in [0.05, 0.1) is 22.2 Å². The first-order chi connectivity index (χ1) is 14.2. The standard InChI is InChI=1S/C19H18N6O2S2/c1-27-6-3-7-29(26)19-16(20)15-13(17-23-4-2-5-24-17)8-14(25-18(15)28-19)12-9-21-11-22-10-12/h2,4-5,8-11H,3,6-7,20H2,1H3/t29-/m0/s1. The van der Waals surface area contributed by atoms with Crippen LogP contribution in [0.5, 0.6) is 0 Å². The van der Waals surface area contributed by atoms with Gasteiger partial charge in [-0.3, -0.25) is 4.21 Å². The van der Waals surface area contributed by atoms with Gasteiger partial charge in [0.15, 0.2) is 5.82 Å². The number of ether oxygens (including phenoxy) is 1. The van der Waals surface area contributed by atoms with Crippen LogP contribution in [0, 0.1) is 0 Å². The summed E-state index contributed by atoms with van der Waals surface area (Å²) in [6.45, 7) is 0.552. The van der Waals surface area contributed by atoms with Gasteiger partial charge < -0.3 is 10.5 Å². The third kappa shape index (κ3) is 4.00. The smallest absolute Gasteiger partial charge is 0.159 e. The van der Waals surface area contributed by atoms with Gasteiger partial charge in [-0.15, -0.1) is 11.3 Å². The molecule has 0 bridgehead atoms. The zero-order valence-corrected chi connectivity index (χ0v) is 17.2. The lowest BCUT2D eigenvalue weighted by Gasteiger charge is -2.07. The molecule has 29 heavy (non-hydrogen) atoms. The molecule has 0 aliphatic rings. The molecule has 2 N–H and O–H groups in total. The first-order valence-electron chi connectivity index (χ1n) is 8.82. The second-order valence-electron chi connectivity index (χ2n) is 6.13. The van der Waals surface area contributed by atoms with Crippen LogP contribution in [0.4, 0.5) is 5.69 Å². The fourth-order valence-corrected chi connectivity index (χ4v) is 5.52. The lowest BCUT2D eigenvalue weighted by Crippen LogP contribution is -2.02. The van der Waals surface area contributed by atoms with E-state index >= 15 is 0 Å². The maximum atomic E-state index is 12.8. The van der Waals surface area contributed by atoms with Gasteiger partial charge in [-0.25, -0.2) is 24.9 Å². The maximum Gasteiger partial charge on any atom is 0.159 e. The highest BCUT2D eigenvalue weighted by Gasteiger charge is 2.21. The average Bonchev–Trinajstić information content (AvgIpc) is 3.11. The van der Waals surface area contributed by atoms with E-state index in [4.69, 9.17) is 15.5 Å². The van der Waals surface area contributed by atoms with Crippen molar-refractivity contribution in [2.24, 2.45) is 0 Å². The topological polar surface area (TPSA) is 117 Å². The number of nitrogen functional groups attached to an aromatic ring is 1. The van der Waals surface area contributed by atoms with E-state index in [0.717, 1.165) is 16.5 Å². The molecule has 1 atom stereocenters. The van der Waals surface area contributed by atoms with Crippen molar-refractivity contribution in [1.29, 1.82) is 0 Å². The summed E-state index contributed by atoms with van der Waals surface area (Å²) in [5.41, 5.74) is 9.08. The molecule has 0 unspecified atom stereocenters. The molecule has 4 heterocycles. The first-order valence-corrected chi connectivity index (χ1v) is 11.0. The molecular weight excluding hydrogens is 408 g/mol. The van der Waals surface area contributed by atoms with Crippen LogP contribution in [0.25, 0.3) is 32.9 Å². The summed E-state index contributed by atoms with van der Waals surface area (Å²) >= 11 is 1.33. The Bertz CT molecular complexity index is 1150. The zero-order chi connectivity index (χ0) is 20.2. The Labute approximate surface area is 173 Å². The largest absolute Gasteiger partial charge is 0.396 e. The van der Waals surface area contributed by atoms with Crippen LogP contribution >= 0.6 is 11.3 Å². The Balaban J connectivity index is 1.89. The van der Waals surface area contributed by atoms with Gasteiger partial charge in [-0.1, -0.05) is 0 Å². The number of aromatic nitrogens is 5. The molecule has 4 aromatic rings. The number of nitrogens with two attached hydrogens (primary N) is 1. The molecule has 8 nitrogen and oxygen atoms in total. The number of hydrogen-bond donors (Lipinski definition) is 1. The minimum absolute atomic E-state index is 0.464. The Kier molecular flexibility index (Phi) is 5.84. The number of hydrogen-bond acceptors (Lipinski definition) is 9. The third-order valence-electron chi connectivity index (χ3n) is 4.21. The summed E-state index contributed by atoms with van der Waals surface area (Å²) in [6.07, 6.45) is 8.88. The molecule has 0 radical (unpaired) electrons. The molecule has 0 saturated carbocycles. The minimum atomic E-state index is -1.24. The Morgan fingerprint density at radius 3 is 2.69 bits per heavy atom. The van der Waals surface area contributed by atoms with E-state index in [1.54, 1.807) is 38.0 Å². The van der Waals surface area contributed by atoms with E-state index in [1.165, 1.54) is 17.7 Å². The van der Waals surface area contributed by atoms with Crippen LogP contribution < -0.4 is 5.73 Å². The van der Waals surface area contributed by atoms with Gasteiger partial charge in [-0.2, -0.15) is 0 Å². The zero-order valence-electron chi connectivity index (χ0n) is 15.6. The van der Waals surface area contributed by atoms with Crippen molar-refractivity contribution < 1.29 is 8.95 Å². The van der Waals surface area contributed by atoms with Crippen LogP contribution in [0.3, 0.4) is 0 Å². The molecule has 148 valence electrons. The Hall–Kier alpha value is -2.82. The SMILES string of the molecule is COCCC[S@](=O)c1sc2nc(-c3cncnc3)cc(-c3ncccn3)c2c1N. The molecule has 0 aliphatic carbocycles. The molecular formula is C19H18N6O2S2. The predicted octanol–water partition coefficient (Wildman–Crippen LogP) is 2.94. The summed E-state index contributed by atoms with van der Waals surface area (Å²) in [5.74, 6) is 1.00. The van der Waals surface area contributed by atoms with E-state index in [0.29, 0.717) is 45.0 Å². The van der Waals surface area contributed by atoms with Gasteiger partial charge in [0.25, 0.3) is 0 Å². The summed E-state index contributed by atoms with van der Waals surface area (Å²) in [7, 11) is 0.390. The van der Waals surface area contributed by atoms with Crippen LogP contribution in [0.15, 0.2) is 47.5 Å². The molecule has 0 aliphatic heterocycles. The Morgan fingerprint density at radius 2 is 1.97 bits per heavy atom. The average molecular weight is 427 g/mol. The highest BCUT2D eigenvalue weighted by Crippen LogP contribution is 2.41. The van der Waals surface area contributed by atoms with Crippen molar-refractivity contribution in [2.45, 2.75) is 10.6 Å². The van der Waals surface area contributed by atoms with E-state index in [2.05, 4.69) is 19.9 Å². The minimum Gasteiger partial charge on any atom is -0.396 e. The van der Waals surface area contributed by atoms with Crippen molar-refractivity contribution in [2.75, 3.05) is 25.2 Å². The number of thiophene rings is 1. The molecule has 0 fully saturated rings. The first kappa shape index (κ1) is 19.5. The lowest BCUT2D eigenvalue weighted by molar-refractivity contribution is 0.200. The van der Waals surface area contributed by atoms with Crippen LogP contribution in [0.1, 0.15) is 6.42 Å². The molecule has 4 aromatic heterocycles. The summed E-state index contributed by atoms with van der Waals surface area (Å²) < 4.78 is 18.5. The van der Waals surface area contributed by atoms with Crippen molar-refractivity contribution in [3.63, 3.8) is 0 Å². The number of rotatable bonds is 7. The highest BCUT2D eigenvalue weighted by molar-refractivity contribution is 7.87. The quantitative estimate of drug-likeness (QED) is 0.448. The molecule has 4 rings (SSSR count). The van der Waals surface area contributed by atoms with Crippen LogP contribution in [0.2, 0.25) is 0 Å². The van der Waals surface area contributed by atoms with Crippen molar-refractivity contribution in [3.8, 4) is 22.6 Å².